The van der Waals surface area contributed by atoms with E-state index in [4.69, 9.17) is 4.74 Å². The van der Waals surface area contributed by atoms with E-state index in [9.17, 15) is 14.7 Å². The van der Waals surface area contributed by atoms with Gasteiger partial charge in [-0.1, -0.05) is 30.3 Å². The highest BCUT2D eigenvalue weighted by Gasteiger charge is 2.41. The van der Waals surface area contributed by atoms with Crippen LogP contribution in [-0.2, 0) is 16.0 Å². The van der Waals surface area contributed by atoms with Crippen LogP contribution in [0.1, 0.15) is 28.8 Å². The molecule has 2 aromatic rings. The number of benzene rings is 2. The Kier molecular flexibility index (Phi) is 5.53. The summed E-state index contributed by atoms with van der Waals surface area (Å²) in [7, 11) is 0. The van der Waals surface area contributed by atoms with E-state index in [2.05, 4.69) is 0 Å². The van der Waals surface area contributed by atoms with Crippen molar-refractivity contribution in [3.8, 4) is 5.75 Å². The van der Waals surface area contributed by atoms with Crippen molar-refractivity contribution in [1.82, 2.24) is 9.80 Å². The van der Waals surface area contributed by atoms with Gasteiger partial charge in [0.2, 0.25) is 5.91 Å². The molecule has 2 aromatic carbocycles. The van der Waals surface area contributed by atoms with Crippen LogP contribution < -0.4 is 0 Å². The number of rotatable bonds is 3. The number of morpholine rings is 1. The van der Waals surface area contributed by atoms with Gasteiger partial charge >= 0.3 is 0 Å². The molecule has 1 N–H and O–H groups in total. The number of phenols is 1. The number of carbonyl (C=O) groups excluding carboxylic acids is 2. The summed E-state index contributed by atoms with van der Waals surface area (Å²) in [5.41, 5.74) is 1.23. The Balaban J connectivity index is 1.35. The molecule has 2 fully saturated rings. The normalized spacial score (nSPS) is 18.6. The molecule has 6 nitrogen and oxygen atoms in total. The van der Waals surface area contributed by atoms with Gasteiger partial charge in [0.05, 0.1) is 18.6 Å². The summed E-state index contributed by atoms with van der Waals surface area (Å²) >= 11 is 0. The van der Waals surface area contributed by atoms with Crippen LogP contribution in [-0.4, -0.2) is 65.1 Å². The number of phenolic OH excluding ortho intramolecular Hbond substituents is 1. The summed E-state index contributed by atoms with van der Waals surface area (Å²) in [6.45, 7) is 2.94. The molecule has 2 saturated heterocycles. The second kappa shape index (κ2) is 8.25. The van der Waals surface area contributed by atoms with Gasteiger partial charge in [0.25, 0.3) is 5.91 Å². The number of nitrogens with zero attached hydrogens (tertiary/aromatic N) is 2. The monoisotopic (exact) mass is 394 g/mol. The van der Waals surface area contributed by atoms with Crippen molar-refractivity contribution < 1.29 is 19.4 Å². The van der Waals surface area contributed by atoms with E-state index in [1.165, 1.54) is 0 Å². The molecule has 0 unspecified atom stereocenters. The van der Waals surface area contributed by atoms with Crippen LogP contribution >= 0.6 is 0 Å². The number of likely N-dealkylation sites (tertiary alicyclic amines) is 1. The third kappa shape index (κ3) is 4.43. The maximum atomic E-state index is 12.8. The van der Waals surface area contributed by atoms with Gasteiger partial charge in [-0.2, -0.15) is 0 Å². The van der Waals surface area contributed by atoms with Crippen molar-refractivity contribution in [1.29, 1.82) is 0 Å². The van der Waals surface area contributed by atoms with Crippen molar-refractivity contribution in [2.75, 3.05) is 32.8 Å². The first-order valence-corrected chi connectivity index (χ1v) is 10.1. The first-order chi connectivity index (χ1) is 14.0. The van der Waals surface area contributed by atoms with Crippen LogP contribution in [0, 0.1) is 0 Å². The lowest BCUT2D eigenvalue weighted by atomic mass is 9.88. The predicted molar refractivity (Wildman–Crippen MR) is 109 cm³/mol. The maximum absolute atomic E-state index is 12.8. The van der Waals surface area contributed by atoms with E-state index in [1.807, 2.05) is 40.1 Å². The molecule has 29 heavy (non-hydrogen) atoms. The Hall–Kier alpha value is -2.86. The first-order valence-electron chi connectivity index (χ1n) is 10.1. The average molecular weight is 394 g/mol. The van der Waals surface area contributed by atoms with Crippen LogP contribution in [0.4, 0.5) is 0 Å². The fourth-order valence-corrected chi connectivity index (χ4v) is 4.14. The molecule has 2 amide bonds. The molecule has 0 radical (unpaired) electrons. The molecular formula is C23H26N2O4. The zero-order valence-electron chi connectivity index (χ0n) is 16.4. The van der Waals surface area contributed by atoms with Crippen molar-refractivity contribution in [2.24, 2.45) is 0 Å². The van der Waals surface area contributed by atoms with Gasteiger partial charge < -0.3 is 19.6 Å². The van der Waals surface area contributed by atoms with E-state index >= 15 is 0 Å². The maximum Gasteiger partial charge on any atom is 0.253 e. The molecule has 0 bridgehead atoms. The van der Waals surface area contributed by atoms with Crippen LogP contribution in [0.2, 0.25) is 0 Å². The zero-order valence-corrected chi connectivity index (χ0v) is 16.4. The third-order valence-corrected chi connectivity index (χ3v) is 5.88. The lowest BCUT2D eigenvalue weighted by Gasteiger charge is -2.47. The van der Waals surface area contributed by atoms with Gasteiger partial charge in [0.1, 0.15) is 5.75 Å². The molecule has 0 aromatic heterocycles. The van der Waals surface area contributed by atoms with Crippen LogP contribution in [0.25, 0.3) is 0 Å². The number of hydrogen-bond acceptors (Lipinski definition) is 4. The molecule has 0 atom stereocenters. The minimum atomic E-state index is -0.365. The minimum absolute atomic E-state index is 0.0523. The molecule has 152 valence electrons. The van der Waals surface area contributed by atoms with Crippen molar-refractivity contribution >= 4 is 11.8 Å². The van der Waals surface area contributed by atoms with E-state index in [-0.39, 0.29) is 23.2 Å². The molecule has 2 aliphatic heterocycles. The summed E-state index contributed by atoms with van der Waals surface area (Å²) in [4.78, 5) is 29.2. The highest BCUT2D eigenvalue weighted by atomic mass is 16.5. The fraction of sp³-hybridized carbons (Fsp3) is 0.391. The Bertz CT molecular complexity index is 858. The number of aromatic hydroxyl groups is 1. The summed E-state index contributed by atoms with van der Waals surface area (Å²) in [6.07, 6.45) is 1.78. The molecule has 6 heteroatoms. The van der Waals surface area contributed by atoms with Gasteiger partial charge in [0, 0.05) is 31.7 Å². The van der Waals surface area contributed by atoms with E-state index in [1.54, 1.807) is 24.3 Å². The molecule has 0 saturated carbocycles. The van der Waals surface area contributed by atoms with Gasteiger partial charge in [-0.25, -0.2) is 0 Å². The third-order valence-electron chi connectivity index (χ3n) is 5.88. The Labute approximate surface area is 170 Å². The SMILES string of the molecule is O=C(Cc1ccc(O)cc1)N1CCOC2(CCN(C(=O)c3ccccc3)CC2)C1. The van der Waals surface area contributed by atoms with E-state index < -0.39 is 0 Å². The van der Waals surface area contributed by atoms with E-state index in [0.29, 0.717) is 44.8 Å². The summed E-state index contributed by atoms with van der Waals surface area (Å²) < 4.78 is 6.12. The Morgan fingerprint density at radius 3 is 2.31 bits per heavy atom. The lowest BCUT2D eigenvalue weighted by molar-refractivity contribution is -0.157. The summed E-state index contributed by atoms with van der Waals surface area (Å²) in [6, 6.07) is 16.1. The standard InChI is InChI=1S/C23H26N2O4/c26-20-8-6-18(7-9-20)16-21(27)25-14-15-29-23(17-25)10-12-24(13-11-23)22(28)19-4-2-1-3-5-19/h1-9,26H,10-17H2. The number of carbonyl (C=O) groups is 2. The smallest absolute Gasteiger partial charge is 0.253 e. The van der Waals surface area contributed by atoms with Crippen LogP contribution in [0.15, 0.2) is 54.6 Å². The first kappa shape index (κ1) is 19.5. The highest BCUT2D eigenvalue weighted by molar-refractivity contribution is 5.94. The average Bonchev–Trinajstić information content (AvgIpc) is 2.76. The lowest BCUT2D eigenvalue weighted by Crippen LogP contribution is -2.58. The fourth-order valence-electron chi connectivity index (χ4n) is 4.14. The Morgan fingerprint density at radius 2 is 1.62 bits per heavy atom. The van der Waals surface area contributed by atoms with Crippen LogP contribution in [0.5, 0.6) is 5.75 Å². The van der Waals surface area contributed by atoms with Gasteiger partial charge in [-0.15, -0.1) is 0 Å². The van der Waals surface area contributed by atoms with Crippen molar-refractivity contribution in [3.63, 3.8) is 0 Å². The van der Waals surface area contributed by atoms with Gasteiger partial charge in [-0.05, 0) is 42.7 Å². The predicted octanol–water partition coefficient (Wildman–Crippen LogP) is 2.47. The number of amides is 2. The molecule has 4 rings (SSSR count). The quantitative estimate of drug-likeness (QED) is 0.868. The molecule has 1 spiro atoms. The summed E-state index contributed by atoms with van der Waals surface area (Å²) in [5.74, 6) is 0.320. The largest absolute Gasteiger partial charge is 0.508 e. The molecule has 2 aliphatic rings. The van der Waals surface area contributed by atoms with Crippen LogP contribution in [0.3, 0.4) is 0 Å². The molecular weight excluding hydrogens is 368 g/mol. The van der Waals surface area contributed by atoms with Crippen molar-refractivity contribution in [3.05, 3.63) is 65.7 Å². The molecule has 0 aliphatic carbocycles. The second-order valence-electron chi connectivity index (χ2n) is 7.85. The Morgan fingerprint density at radius 1 is 0.931 bits per heavy atom. The molecule has 2 heterocycles. The van der Waals surface area contributed by atoms with Gasteiger partial charge in [0.15, 0.2) is 0 Å². The number of piperidine rings is 1. The number of ether oxygens (including phenoxy) is 1. The topological polar surface area (TPSA) is 70.1 Å². The highest BCUT2D eigenvalue weighted by Crippen LogP contribution is 2.31. The summed E-state index contributed by atoms with van der Waals surface area (Å²) in [5, 5.41) is 9.40. The second-order valence-corrected chi connectivity index (χ2v) is 7.85. The zero-order chi connectivity index (χ0) is 20.3. The van der Waals surface area contributed by atoms with Gasteiger partial charge in [-0.3, -0.25) is 9.59 Å². The van der Waals surface area contributed by atoms with Crippen molar-refractivity contribution in [2.45, 2.75) is 24.9 Å². The minimum Gasteiger partial charge on any atom is -0.508 e. The number of hydrogen-bond donors (Lipinski definition) is 1. The van der Waals surface area contributed by atoms with E-state index in [0.717, 1.165) is 18.4 Å².